The molecule has 0 saturated heterocycles. The summed E-state index contributed by atoms with van der Waals surface area (Å²) in [4.78, 5) is 0. The molecule has 0 bridgehead atoms. The first kappa shape index (κ1) is 23.8. The van der Waals surface area contributed by atoms with Crippen molar-refractivity contribution in [1.29, 1.82) is 0 Å². The topological polar surface area (TPSA) is 64.9 Å². The average molecular weight is 468 g/mol. The third-order valence-corrected chi connectivity index (χ3v) is 5.70. The Labute approximate surface area is 198 Å². The second kappa shape index (κ2) is 12.9. The number of nitrogens with zero attached hydrogens (tertiary/aromatic N) is 4. The Morgan fingerprint density at radius 1 is 0.875 bits per heavy atom. The van der Waals surface area contributed by atoms with E-state index in [0.29, 0.717) is 6.61 Å². The standard InChI is InChI=1S/C24H25N5OS.ClH/c1-3-10-20(11-4-1)19-30-23-15-8-7-12-21(23)18-25-16-9-17-31-24-26-27-28-29(24)22-13-5-2-6-14-22;/h1-8,10-15,25H,9,16-19H2;1H. The van der Waals surface area contributed by atoms with E-state index < -0.39 is 0 Å². The molecule has 4 aromatic rings. The molecule has 1 heterocycles. The van der Waals surface area contributed by atoms with E-state index >= 15 is 0 Å². The fourth-order valence-corrected chi connectivity index (χ4v) is 3.94. The monoisotopic (exact) mass is 467 g/mol. The van der Waals surface area contributed by atoms with Gasteiger partial charge in [0.1, 0.15) is 12.4 Å². The molecule has 6 nitrogen and oxygen atoms in total. The van der Waals surface area contributed by atoms with Gasteiger partial charge in [-0.05, 0) is 47.2 Å². The Bertz CT molecular complexity index is 1060. The molecule has 1 N–H and O–H groups in total. The van der Waals surface area contributed by atoms with E-state index in [1.807, 2.05) is 66.7 Å². The highest BCUT2D eigenvalue weighted by Crippen LogP contribution is 2.20. The fraction of sp³-hybridized carbons (Fsp3) is 0.208. The lowest BCUT2D eigenvalue weighted by atomic mass is 10.2. The van der Waals surface area contributed by atoms with Gasteiger partial charge in [-0.15, -0.1) is 17.5 Å². The van der Waals surface area contributed by atoms with Crippen molar-refractivity contribution in [3.63, 3.8) is 0 Å². The Kier molecular flexibility index (Phi) is 9.56. The molecule has 0 radical (unpaired) electrons. The minimum absolute atomic E-state index is 0. The van der Waals surface area contributed by atoms with E-state index in [1.165, 1.54) is 11.1 Å². The third kappa shape index (κ3) is 6.82. The highest BCUT2D eigenvalue weighted by Gasteiger charge is 2.08. The van der Waals surface area contributed by atoms with Crippen LogP contribution in [0.4, 0.5) is 0 Å². The number of para-hydroxylation sites is 2. The number of benzene rings is 3. The van der Waals surface area contributed by atoms with Gasteiger partial charge < -0.3 is 10.1 Å². The largest absolute Gasteiger partial charge is 0.489 e. The molecular formula is C24H26ClN5OS. The number of ether oxygens (including phenoxy) is 1. The molecule has 0 aliphatic rings. The molecule has 0 unspecified atom stereocenters. The van der Waals surface area contributed by atoms with Crippen molar-refractivity contribution in [3.8, 4) is 11.4 Å². The van der Waals surface area contributed by atoms with Crippen LogP contribution in [0.5, 0.6) is 5.75 Å². The number of thioether (sulfide) groups is 1. The van der Waals surface area contributed by atoms with Gasteiger partial charge in [-0.3, -0.25) is 0 Å². The molecule has 4 rings (SSSR count). The van der Waals surface area contributed by atoms with Gasteiger partial charge >= 0.3 is 0 Å². The van der Waals surface area contributed by atoms with Crippen molar-refractivity contribution in [3.05, 3.63) is 96.1 Å². The first-order chi connectivity index (χ1) is 15.4. The van der Waals surface area contributed by atoms with Crippen LogP contribution in [0.1, 0.15) is 17.5 Å². The first-order valence-electron chi connectivity index (χ1n) is 10.3. The zero-order chi connectivity index (χ0) is 21.1. The maximum Gasteiger partial charge on any atom is 0.214 e. The lowest BCUT2D eigenvalue weighted by Crippen LogP contribution is -2.16. The summed E-state index contributed by atoms with van der Waals surface area (Å²) in [7, 11) is 0. The average Bonchev–Trinajstić information content (AvgIpc) is 3.30. The molecule has 0 fully saturated rings. The SMILES string of the molecule is Cl.c1ccc(COc2ccccc2CNCCCSc2nnnn2-c2ccccc2)cc1. The second-order valence-electron chi connectivity index (χ2n) is 6.97. The molecule has 3 aromatic carbocycles. The number of nitrogens with one attached hydrogen (secondary N) is 1. The molecule has 166 valence electrons. The van der Waals surface area contributed by atoms with E-state index in [9.17, 15) is 0 Å². The van der Waals surface area contributed by atoms with Crippen molar-refractivity contribution >= 4 is 24.2 Å². The molecule has 1 aromatic heterocycles. The quantitative estimate of drug-likeness (QED) is 0.249. The number of rotatable bonds is 11. The molecule has 0 amide bonds. The summed E-state index contributed by atoms with van der Waals surface area (Å²) in [6, 6.07) is 28.4. The zero-order valence-electron chi connectivity index (χ0n) is 17.6. The van der Waals surface area contributed by atoms with E-state index in [0.717, 1.165) is 41.9 Å². The van der Waals surface area contributed by atoms with Gasteiger partial charge in [0, 0.05) is 17.9 Å². The van der Waals surface area contributed by atoms with Crippen molar-refractivity contribution in [2.75, 3.05) is 12.3 Å². The van der Waals surface area contributed by atoms with Crippen LogP contribution in [0.15, 0.2) is 90.1 Å². The van der Waals surface area contributed by atoms with Gasteiger partial charge in [0.2, 0.25) is 5.16 Å². The van der Waals surface area contributed by atoms with Gasteiger partial charge in [0.25, 0.3) is 0 Å². The predicted octanol–water partition coefficient (Wildman–Crippen LogP) is 4.94. The van der Waals surface area contributed by atoms with Gasteiger partial charge in [0.15, 0.2) is 0 Å². The fourth-order valence-electron chi connectivity index (χ4n) is 3.11. The predicted molar refractivity (Wildman–Crippen MR) is 131 cm³/mol. The van der Waals surface area contributed by atoms with Crippen LogP contribution in [0.2, 0.25) is 0 Å². The molecule has 8 heteroatoms. The summed E-state index contributed by atoms with van der Waals surface area (Å²) < 4.78 is 7.81. The summed E-state index contributed by atoms with van der Waals surface area (Å²) >= 11 is 1.67. The summed E-state index contributed by atoms with van der Waals surface area (Å²) in [5.41, 5.74) is 3.31. The Morgan fingerprint density at radius 3 is 2.41 bits per heavy atom. The van der Waals surface area contributed by atoms with E-state index in [4.69, 9.17) is 4.74 Å². The Morgan fingerprint density at radius 2 is 1.59 bits per heavy atom. The minimum Gasteiger partial charge on any atom is -0.489 e. The smallest absolute Gasteiger partial charge is 0.214 e. The van der Waals surface area contributed by atoms with Crippen LogP contribution < -0.4 is 10.1 Å². The van der Waals surface area contributed by atoms with Crippen molar-refractivity contribution in [2.45, 2.75) is 24.7 Å². The van der Waals surface area contributed by atoms with E-state index in [2.05, 4.69) is 39.0 Å². The van der Waals surface area contributed by atoms with Crippen LogP contribution in [0.25, 0.3) is 5.69 Å². The molecule has 0 spiro atoms. The summed E-state index contributed by atoms with van der Waals surface area (Å²) in [5, 5.41) is 16.4. The molecule has 0 aliphatic carbocycles. The van der Waals surface area contributed by atoms with E-state index in [1.54, 1.807) is 16.4 Å². The van der Waals surface area contributed by atoms with Crippen molar-refractivity contribution in [1.82, 2.24) is 25.5 Å². The Balaban J connectivity index is 0.00000289. The minimum atomic E-state index is 0. The van der Waals surface area contributed by atoms with Crippen LogP contribution in [-0.4, -0.2) is 32.5 Å². The molecular weight excluding hydrogens is 442 g/mol. The first-order valence-corrected chi connectivity index (χ1v) is 11.3. The lowest BCUT2D eigenvalue weighted by Gasteiger charge is -2.12. The van der Waals surface area contributed by atoms with Crippen LogP contribution in [0.3, 0.4) is 0 Å². The third-order valence-electron chi connectivity index (χ3n) is 4.70. The number of hydrogen-bond acceptors (Lipinski definition) is 6. The van der Waals surface area contributed by atoms with Gasteiger partial charge in [0.05, 0.1) is 5.69 Å². The number of hydrogen-bond donors (Lipinski definition) is 1. The molecule has 0 aliphatic heterocycles. The molecule has 0 atom stereocenters. The van der Waals surface area contributed by atoms with Gasteiger partial charge in [-0.25, -0.2) is 0 Å². The van der Waals surface area contributed by atoms with Crippen molar-refractivity contribution in [2.24, 2.45) is 0 Å². The lowest BCUT2D eigenvalue weighted by molar-refractivity contribution is 0.302. The number of aromatic nitrogens is 4. The summed E-state index contributed by atoms with van der Waals surface area (Å²) in [6.45, 7) is 2.26. The maximum absolute atomic E-state index is 6.04. The highest BCUT2D eigenvalue weighted by molar-refractivity contribution is 7.99. The maximum atomic E-state index is 6.04. The van der Waals surface area contributed by atoms with E-state index in [-0.39, 0.29) is 12.4 Å². The van der Waals surface area contributed by atoms with Crippen LogP contribution in [0, 0.1) is 0 Å². The zero-order valence-corrected chi connectivity index (χ0v) is 19.3. The van der Waals surface area contributed by atoms with Crippen LogP contribution in [-0.2, 0) is 13.2 Å². The van der Waals surface area contributed by atoms with Gasteiger partial charge in [-0.2, -0.15) is 4.68 Å². The highest BCUT2D eigenvalue weighted by atomic mass is 35.5. The Hall–Kier alpha value is -2.87. The second-order valence-corrected chi connectivity index (χ2v) is 8.03. The summed E-state index contributed by atoms with van der Waals surface area (Å²) in [5.74, 6) is 1.86. The molecule has 32 heavy (non-hydrogen) atoms. The number of halogens is 1. The summed E-state index contributed by atoms with van der Waals surface area (Å²) in [6.07, 6.45) is 1.01. The molecule has 0 saturated carbocycles. The van der Waals surface area contributed by atoms with Gasteiger partial charge in [-0.1, -0.05) is 78.5 Å². The normalized spacial score (nSPS) is 10.5. The van der Waals surface area contributed by atoms with Crippen LogP contribution >= 0.6 is 24.2 Å². The van der Waals surface area contributed by atoms with Crippen molar-refractivity contribution < 1.29 is 4.74 Å². The number of tetrazole rings is 1.